The Kier molecular flexibility index (Phi) is 4.36. The van der Waals surface area contributed by atoms with Crippen LogP contribution in [0.1, 0.15) is 38.2 Å². The third-order valence-electron chi connectivity index (χ3n) is 5.98. The first-order valence-electron chi connectivity index (χ1n) is 9.27. The van der Waals surface area contributed by atoms with Gasteiger partial charge in [0.15, 0.2) is 0 Å². The fourth-order valence-corrected chi connectivity index (χ4v) is 4.81. The van der Waals surface area contributed by atoms with E-state index in [-0.39, 0.29) is 48.3 Å². The highest BCUT2D eigenvalue weighted by atomic mass is 16.6. The number of allylic oxidation sites excluding steroid dienone is 1. The molecule has 25 heavy (non-hydrogen) atoms. The largest absolute Gasteiger partial charge is 0.462 e. The average Bonchev–Trinajstić information content (AvgIpc) is 2.92. The summed E-state index contributed by atoms with van der Waals surface area (Å²) < 4.78 is 11.1. The molecule has 4 rings (SSSR count). The number of hydrogen-bond acceptors (Lipinski definition) is 4. The van der Waals surface area contributed by atoms with Crippen LogP contribution in [0.3, 0.4) is 0 Å². The van der Waals surface area contributed by atoms with Crippen LogP contribution < -0.4 is 0 Å². The molecule has 4 nitrogen and oxygen atoms in total. The van der Waals surface area contributed by atoms with E-state index < -0.39 is 0 Å². The Morgan fingerprint density at radius 1 is 1.24 bits per heavy atom. The number of rotatable bonds is 3. The van der Waals surface area contributed by atoms with Gasteiger partial charge in [0.25, 0.3) is 0 Å². The summed E-state index contributed by atoms with van der Waals surface area (Å²) in [6.07, 6.45) is 6.12. The Morgan fingerprint density at radius 2 is 2.04 bits per heavy atom. The van der Waals surface area contributed by atoms with Gasteiger partial charge in [0.1, 0.15) is 12.7 Å². The van der Waals surface area contributed by atoms with E-state index in [0.717, 1.165) is 31.2 Å². The molecule has 0 N–H and O–H groups in total. The SMILES string of the molecule is C[C@H]1OC(=O)[C@@H]2C=C3CCCCC3[C@H](C(=O)OCc3ccccc3)[C@H]12. The maximum Gasteiger partial charge on any atom is 0.313 e. The van der Waals surface area contributed by atoms with Gasteiger partial charge in [-0.3, -0.25) is 9.59 Å². The van der Waals surface area contributed by atoms with E-state index >= 15 is 0 Å². The molecular formula is C21H24O4. The number of carbonyl (C=O) groups is 2. The van der Waals surface area contributed by atoms with Crippen LogP contribution in [0.2, 0.25) is 0 Å². The smallest absolute Gasteiger partial charge is 0.313 e. The van der Waals surface area contributed by atoms with Crippen molar-refractivity contribution >= 4 is 11.9 Å². The predicted molar refractivity (Wildman–Crippen MR) is 92.3 cm³/mol. The molecule has 1 aromatic carbocycles. The van der Waals surface area contributed by atoms with Crippen LogP contribution in [-0.4, -0.2) is 18.0 Å². The van der Waals surface area contributed by atoms with Crippen molar-refractivity contribution in [1.29, 1.82) is 0 Å². The Hall–Kier alpha value is -2.10. The summed E-state index contributed by atoms with van der Waals surface area (Å²) in [5.74, 6) is -0.807. The van der Waals surface area contributed by atoms with Gasteiger partial charge in [-0.15, -0.1) is 0 Å². The van der Waals surface area contributed by atoms with Gasteiger partial charge in [0, 0.05) is 5.92 Å². The lowest BCUT2D eigenvalue weighted by Crippen LogP contribution is -2.43. The molecule has 1 aromatic rings. The molecule has 132 valence electrons. The van der Waals surface area contributed by atoms with Crippen molar-refractivity contribution in [2.75, 3.05) is 0 Å². The van der Waals surface area contributed by atoms with Crippen molar-refractivity contribution in [2.24, 2.45) is 23.7 Å². The van der Waals surface area contributed by atoms with Crippen LogP contribution in [0.4, 0.5) is 0 Å². The second-order valence-corrected chi connectivity index (χ2v) is 7.46. The first-order chi connectivity index (χ1) is 12.1. The van der Waals surface area contributed by atoms with Crippen LogP contribution >= 0.6 is 0 Å². The summed E-state index contributed by atoms with van der Waals surface area (Å²) in [6.45, 7) is 2.18. The topological polar surface area (TPSA) is 52.6 Å². The number of benzene rings is 1. The van der Waals surface area contributed by atoms with Crippen molar-refractivity contribution in [2.45, 2.75) is 45.3 Å². The first kappa shape index (κ1) is 16.4. The molecule has 2 fully saturated rings. The normalized spacial score (nSPS) is 33.7. The first-order valence-corrected chi connectivity index (χ1v) is 9.27. The van der Waals surface area contributed by atoms with Gasteiger partial charge in [-0.05, 0) is 37.7 Å². The standard InChI is InChI=1S/C21H24O4/c1-13-18-17(20(22)25-13)11-15-9-5-6-10-16(15)19(18)21(23)24-12-14-7-3-2-4-8-14/h2-4,7-8,11,13,16-19H,5-6,9-10,12H2,1H3/t13-,16?,17-,18-,19+/m1/s1. The zero-order chi connectivity index (χ0) is 17.4. The summed E-state index contributed by atoms with van der Waals surface area (Å²) >= 11 is 0. The molecular weight excluding hydrogens is 316 g/mol. The second kappa shape index (κ2) is 6.66. The van der Waals surface area contributed by atoms with Gasteiger partial charge in [0.05, 0.1) is 11.8 Å². The monoisotopic (exact) mass is 340 g/mol. The lowest BCUT2D eigenvalue weighted by Gasteiger charge is -2.40. The molecule has 1 aliphatic heterocycles. The Labute approximate surface area is 148 Å². The van der Waals surface area contributed by atoms with Crippen molar-refractivity contribution in [1.82, 2.24) is 0 Å². The minimum atomic E-state index is -0.284. The van der Waals surface area contributed by atoms with Crippen LogP contribution in [-0.2, 0) is 25.7 Å². The maximum atomic E-state index is 13.0. The third kappa shape index (κ3) is 2.99. The quantitative estimate of drug-likeness (QED) is 0.622. The molecule has 4 heteroatoms. The Balaban J connectivity index is 1.58. The van der Waals surface area contributed by atoms with Crippen LogP contribution in [0.15, 0.2) is 42.0 Å². The highest BCUT2D eigenvalue weighted by Gasteiger charge is 2.54. The van der Waals surface area contributed by atoms with E-state index in [1.54, 1.807) is 0 Å². The highest BCUT2D eigenvalue weighted by molar-refractivity contribution is 5.82. The molecule has 1 unspecified atom stereocenters. The predicted octanol–water partition coefficient (Wildman–Crippen LogP) is 3.65. The molecule has 3 aliphatic rings. The van der Waals surface area contributed by atoms with Crippen LogP contribution in [0, 0.1) is 23.7 Å². The van der Waals surface area contributed by atoms with Gasteiger partial charge >= 0.3 is 11.9 Å². The number of cyclic esters (lactones) is 1. The Bertz CT molecular complexity index is 693. The van der Waals surface area contributed by atoms with Crippen molar-refractivity contribution in [3.8, 4) is 0 Å². The summed E-state index contributed by atoms with van der Waals surface area (Å²) in [5, 5.41) is 0. The van der Waals surface area contributed by atoms with E-state index in [4.69, 9.17) is 9.47 Å². The zero-order valence-electron chi connectivity index (χ0n) is 14.5. The highest BCUT2D eigenvalue weighted by Crippen LogP contribution is 2.50. The summed E-state index contributed by atoms with van der Waals surface area (Å²) in [6, 6.07) is 9.72. The molecule has 0 spiro atoms. The van der Waals surface area contributed by atoms with E-state index in [9.17, 15) is 9.59 Å². The molecule has 2 aliphatic carbocycles. The summed E-state index contributed by atoms with van der Waals surface area (Å²) in [4.78, 5) is 25.2. The van der Waals surface area contributed by atoms with Crippen LogP contribution in [0.25, 0.3) is 0 Å². The minimum absolute atomic E-state index is 0.0948. The summed E-state index contributed by atoms with van der Waals surface area (Å²) in [7, 11) is 0. The van der Waals surface area contributed by atoms with E-state index in [1.165, 1.54) is 5.57 Å². The number of esters is 2. The molecule has 1 saturated carbocycles. The van der Waals surface area contributed by atoms with Gasteiger partial charge in [0.2, 0.25) is 0 Å². The zero-order valence-corrected chi connectivity index (χ0v) is 14.5. The number of fused-ring (bicyclic) bond motifs is 2. The van der Waals surface area contributed by atoms with Gasteiger partial charge in [-0.1, -0.05) is 48.4 Å². The molecule has 0 aromatic heterocycles. The van der Waals surface area contributed by atoms with E-state index in [2.05, 4.69) is 6.08 Å². The molecule has 1 saturated heterocycles. The third-order valence-corrected chi connectivity index (χ3v) is 5.98. The molecule has 0 amide bonds. The summed E-state index contributed by atoms with van der Waals surface area (Å²) in [5.41, 5.74) is 2.25. The van der Waals surface area contributed by atoms with Gasteiger partial charge in [-0.25, -0.2) is 0 Å². The lowest BCUT2D eigenvalue weighted by molar-refractivity contribution is -0.156. The molecule has 0 bridgehead atoms. The fourth-order valence-electron chi connectivity index (χ4n) is 4.81. The number of ether oxygens (including phenoxy) is 2. The van der Waals surface area contributed by atoms with E-state index in [0.29, 0.717) is 0 Å². The number of hydrogen-bond donors (Lipinski definition) is 0. The van der Waals surface area contributed by atoms with Crippen molar-refractivity contribution in [3.05, 3.63) is 47.5 Å². The fraction of sp³-hybridized carbons (Fsp3) is 0.524. The van der Waals surface area contributed by atoms with Crippen LogP contribution in [0.5, 0.6) is 0 Å². The maximum absolute atomic E-state index is 13.0. The molecule has 5 atom stereocenters. The van der Waals surface area contributed by atoms with Gasteiger partial charge < -0.3 is 9.47 Å². The molecule has 0 radical (unpaired) electrons. The van der Waals surface area contributed by atoms with E-state index in [1.807, 2.05) is 37.3 Å². The lowest BCUT2D eigenvalue weighted by atomic mass is 9.62. The second-order valence-electron chi connectivity index (χ2n) is 7.46. The van der Waals surface area contributed by atoms with Crippen molar-refractivity contribution < 1.29 is 19.1 Å². The average molecular weight is 340 g/mol. The van der Waals surface area contributed by atoms with Gasteiger partial charge in [-0.2, -0.15) is 0 Å². The number of carbonyl (C=O) groups excluding carboxylic acids is 2. The minimum Gasteiger partial charge on any atom is -0.462 e. The molecule has 1 heterocycles. The Morgan fingerprint density at radius 3 is 2.84 bits per heavy atom. The van der Waals surface area contributed by atoms with Crippen molar-refractivity contribution in [3.63, 3.8) is 0 Å².